The molecule has 0 radical (unpaired) electrons. The second kappa shape index (κ2) is 8.46. The average Bonchev–Trinajstić information content (AvgIpc) is 3.03. The molecule has 3 rings (SSSR count). The molecule has 0 bridgehead atoms. The lowest BCUT2D eigenvalue weighted by Crippen LogP contribution is -2.19. The van der Waals surface area contributed by atoms with Gasteiger partial charge in [-0.15, -0.1) is 6.58 Å². The lowest BCUT2D eigenvalue weighted by Gasteiger charge is -2.03. The van der Waals surface area contributed by atoms with Crippen LogP contribution in [0.3, 0.4) is 0 Å². The fourth-order valence-electron chi connectivity index (χ4n) is 2.51. The third kappa shape index (κ3) is 4.32. The number of rotatable bonds is 6. The Labute approximate surface area is 160 Å². The van der Waals surface area contributed by atoms with Gasteiger partial charge in [-0.05, 0) is 30.3 Å². The van der Waals surface area contributed by atoms with Crippen LogP contribution in [0.2, 0.25) is 0 Å². The number of hydrogen-bond donors (Lipinski definition) is 0. The molecular formula is C20H18N2O4S. The molecule has 2 aromatic carbocycles. The summed E-state index contributed by atoms with van der Waals surface area (Å²) in [7, 11) is 1.34. The fraction of sp³-hybridized carbons (Fsp3) is 0.150. The van der Waals surface area contributed by atoms with Crippen LogP contribution in [0.5, 0.6) is 5.75 Å². The maximum atomic E-state index is 12.2. The number of methoxy groups -OCH3 is 1. The van der Waals surface area contributed by atoms with Gasteiger partial charge in [0.2, 0.25) is 0 Å². The van der Waals surface area contributed by atoms with E-state index in [0.717, 1.165) is 10.2 Å². The van der Waals surface area contributed by atoms with Crippen LogP contribution in [-0.2, 0) is 16.1 Å². The molecule has 0 fully saturated rings. The summed E-state index contributed by atoms with van der Waals surface area (Å²) in [4.78, 5) is 28.7. The monoisotopic (exact) mass is 382 g/mol. The summed E-state index contributed by atoms with van der Waals surface area (Å²) >= 11 is 1.32. The summed E-state index contributed by atoms with van der Waals surface area (Å²) in [5, 5.41) is 0. The highest BCUT2D eigenvalue weighted by atomic mass is 32.1. The number of benzene rings is 2. The smallest absolute Gasteiger partial charge is 0.337 e. The molecule has 1 aromatic heterocycles. The topological polar surface area (TPSA) is 69.9 Å². The van der Waals surface area contributed by atoms with Gasteiger partial charge in [-0.25, -0.2) is 4.79 Å². The average molecular weight is 382 g/mol. The van der Waals surface area contributed by atoms with Gasteiger partial charge in [-0.1, -0.05) is 35.6 Å². The van der Waals surface area contributed by atoms with Crippen molar-refractivity contribution in [1.82, 2.24) is 4.57 Å². The molecule has 1 amide bonds. The van der Waals surface area contributed by atoms with Gasteiger partial charge in [0.25, 0.3) is 5.91 Å². The lowest BCUT2D eigenvalue weighted by molar-refractivity contribution is -0.120. The maximum Gasteiger partial charge on any atom is 0.337 e. The second-order valence-electron chi connectivity index (χ2n) is 5.57. The number of fused-ring (bicyclic) bond motifs is 1. The Hall–Kier alpha value is -3.19. The van der Waals surface area contributed by atoms with Gasteiger partial charge in [0.15, 0.2) is 11.4 Å². The van der Waals surface area contributed by atoms with Crippen molar-refractivity contribution in [1.29, 1.82) is 0 Å². The van der Waals surface area contributed by atoms with Gasteiger partial charge in [0.05, 0.1) is 22.9 Å². The van der Waals surface area contributed by atoms with E-state index in [0.29, 0.717) is 22.7 Å². The molecule has 0 unspecified atom stereocenters. The van der Waals surface area contributed by atoms with Crippen LogP contribution in [0.15, 0.2) is 66.2 Å². The van der Waals surface area contributed by atoms with Crippen molar-refractivity contribution in [2.24, 2.45) is 4.99 Å². The molecule has 0 aliphatic rings. The summed E-state index contributed by atoms with van der Waals surface area (Å²) < 4.78 is 12.9. The van der Waals surface area contributed by atoms with Crippen LogP contribution in [0, 0.1) is 0 Å². The van der Waals surface area contributed by atoms with Gasteiger partial charge in [0.1, 0.15) is 5.75 Å². The Morgan fingerprint density at radius 3 is 2.70 bits per heavy atom. The first-order chi connectivity index (χ1) is 13.1. The standard InChI is InChI=1S/C20H18N2O4S/c1-3-11-22-16-10-9-14(19(24)25-2)12-17(16)27-20(22)21-18(23)13-26-15-7-5-4-6-8-15/h3-10,12H,1,11,13H2,2H3. The maximum absolute atomic E-state index is 12.2. The molecular weight excluding hydrogens is 364 g/mol. The van der Waals surface area contributed by atoms with Gasteiger partial charge in [-0.2, -0.15) is 4.99 Å². The molecule has 0 atom stereocenters. The lowest BCUT2D eigenvalue weighted by atomic mass is 10.2. The van der Waals surface area contributed by atoms with Crippen LogP contribution < -0.4 is 9.54 Å². The number of hydrogen-bond acceptors (Lipinski definition) is 5. The van der Waals surface area contributed by atoms with Crippen LogP contribution in [0.25, 0.3) is 10.2 Å². The normalized spacial score (nSPS) is 11.4. The molecule has 6 nitrogen and oxygen atoms in total. The zero-order valence-corrected chi connectivity index (χ0v) is 15.6. The van der Waals surface area contributed by atoms with Gasteiger partial charge in [-0.3, -0.25) is 4.79 Å². The number of allylic oxidation sites excluding steroid dienone is 1. The number of carbonyl (C=O) groups is 2. The Kier molecular flexibility index (Phi) is 5.83. The van der Waals surface area contributed by atoms with E-state index in [2.05, 4.69) is 11.6 Å². The zero-order chi connectivity index (χ0) is 19.2. The predicted molar refractivity (Wildman–Crippen MR) is 104 cm³/mol. The number of carbonyl (C=O) groups excluding carboxylic acids is 2. The highest BCUT2D eigenvalue weighted by Gasteiger charge is 2.11. The quantitative estimate of drug-likeness (QED) is 0.485. The first-order valence-electron chi connectivity index (χ1n) is 8.20. The SMILES string of the molecule is C=CCn1c(=NC(=O)COc2ccccc2)sc2cc(C(=O)OC)ccc21. The van der Waals surface area contributed by atoms with E-state index >= 15 is 0 Å². The first-order valence-corrected chi connectivity index (χ1v) is 9.02. The third-order valence-corrected chi connectivity index (χ3v) is 4.78. The highest BCUT2D eigenvalue weighted by Crippen LogP contribution is 2.20. The minimum Gasteiger partial charge on any atom is -0.484 e. The molecule has 27 heavy (non-hydrogen) atoms. The van der Waals surface area contributed by atoms with Gasteiger partial charge in [0, 0.05) is 6.54 Å². The molecule has 1 heterocycles. The number of esters is 1. The first kappa shape index (κ1) is 18.6. The van der Waals surface area contributed by atoms with E-state index < -0.39 is 11.9 Å². The molecule has 7 heteroatoms. The Balaban J connectivity index is 1.92. The van der Waals surface area contributed by atoms with E-state index in [1.807, 2.05) is 28.8 Å². The summed E-state index contributed by atoms with van der Waals surface area (Å²) in [5.74, 6) is -0.193. The largest absolute Gasteiger partial charge is 0.484 e. The van der Waals surface area contributed by atoms with Crippen molar-refractivity contribution in [3.05, 3.63) is 71.6 Å². The molecule has 0 saturated heterocycles. The number of nitrogens with zero attached hydrogens (tertiary/aromatic N) is 2. The minimum absolute atomic E-state index is 0.153. The van der Waals surface area contributed by atoms with Gasteiger partial charge < -0.3 is 14.0 Å². The van der Waals surface area contributed by atoms with Crippen LogP contribution >= 0.6 is 11.3 Å². The van der Waals surface area contributed by atoms with E-state index in [1.165, 1.54) is 18.4 Å². The van der Waals surface area contributed by atoms with Crippen molar-refractivity contribution in [2.75, 3.05) is 13.7 Å². The Bertz CT molecular complexity index is 1050. The van der Waals surface area contributed by atoms with Crippen LogP contribution in [-0.4, -0.2) is 30.2 Å². The molecule has 0 N–H and O–H groups in total. The molecule has 0 aliphatic heterocycles. The molecule has 3 aromatic rings. The second-order valence-corrected chi connectivity index (χ2v) is 6.57. The zero-order valence-electron chi connectivity index (χ0n) is 14.8. The molecule has 0 spiro atoms. The summed E-state index contributed by atoms with van der Waals surface area (Å²) in [6.45, 7) is 4.09. The Morgan fingerprint density at radius 2 is 2.00 bits per heavy atom. The Morgan fingerprint density at radius 1 is 1.22 bits per heavy atom. The summed E-state index contributed by atoms with van der Waals surface area (Å²) in [6, 6.07) is 14.3. The van der Waals surface area contributed by atoms with Crippen molar-refractivity contribution < 1.29 is 19.1 Å². The van der Waals surface area contributed by atoms with Crippen LogP contribution in [0.4, 0.5) is 0 Å². The summed E-state index contributed by atoms with van der Waals surface area (Å²) in [5.41, 5.74) is 1.31. The number of thiazole rings is 1. The van der Waals surface area contributed by atoms with Crippen molar-refractivity contribution in [2.45, 2.75) is 6.54 Å². The van der Waals surface area contributed by atoms with E-state index in [1.54, 1.807) is 30.3 Å². The van der Waals surface area contributed by atoms with Crippen molar-refractivity contribution in [3.63, 3.8) is 0 Å². The van der Waals surface area contributed by atoms with Crippen LogP contribution in [0.1, 0.15) is 10.4 Å². The molecule has 0 aliphatic carbocycles. The molecule has 0 saturated carbocycles. The number of amides is 1. The third-order valence-electron chi connectivity index (χ3n) is 3.74. The van der Waals surface area contributed by atoms with E-state index in [4.69, 9.17) is 9.47 Å². The van der Waals surface area contributed by atoms with Gasteiger partial charge >= 0.3 is 5.97 Å². The molecule has 138 valence electrons. The van der Waals surface area contributed by atoms with Crippen molar-refractivity contribution >= 4 is 33.4 Å². The minimum atomic E-state index is -0.411. The predicted octanol–water partition coefficient (Wildman–Crippen LogP) is 3.18. The number of para-hydroxylation sites is 1. The van der Waals surface area contributed by atoms with Crippen molar-refractivity contribution in [3.8, 4) is 5.75 Å². The highest BCUT2D eigenvalue weighted by molar-refractivity contribution is 7.16. The fourth-order valence-corrected chi connectivity index (χ4v) is 3.61. The van der Waals surface area contributed by atoms with E-state index in [9.17, 15) is 9.59 Å². The van der Waals surface area contributed by atoms with E-state index in [-0.39, 0.29) is 6.61 Å². The number of ether oxygens (including phenoxy) is 2. The number of aromatic nitrogens is 1. The summed E-state index contributed by atoms with van der Waals surface area (Å²) in [6.07, 6.45) is 1.73.